The average molecular weight is 339 g/mol. The topological polar surface area (TPSA) is 48.1 Å². The largest absolute Gasteiger partial charge is 0.452 e. The smallest absolute Gasteiger partial charge is 0.166 e. The zero-order chi connectivity index (χ0) is 14.5. The summed E-state index contributed by atoms with van der Waals surface area (Å²) < 4.78 is 20.4. The van der Waals surface area contributed by atoms with Crippen molar-refractivity contribution >= 4 is 15.9 Å². The average Bonchev–Trinajstić information content (AvgIpc) is 2.42. The van der Waals surface area contributed by atoms with Crippen molar-refractivity contribution in [1.82, 2.24) is 4.98 Å². The lowest BCUT2D eigenvalue weighted by atomic mass is 10.0. The van der Waals surface area contributed by atoms with E-state index >= 15 is 0 Å². The third-order valence-corrected chi connectivity index (χ3v) is 3.39. The van der Waals surface area contributed by atoms with Gasteiger partial charge in [-0.15, -0.1) is 0 Å². The van der Waals surface area contributed by atoms with E-state index in [-0.39, 0.29) is 11.8 Å². The highest BCUT2D eigenvalue weighted by Crippen LogP contribution is 2.30. The fraction of sp³-hybridized carbons (Fsp3) is 0.267. The van der Waals surface area contributed by atoms with E-state index in [2.05, 4.69) is 20.9 Å². The molecule has 0 spiro atoms. The Labute approximate surface area is 126 Å². The van der Waals surface area contributed by atoms with E-state index in [4.69, 9.17) is 10.5 Å². The predicted molar refractivity (Wildman–Crippen MR) is 80.4 cm³/mol. The summed E-state index contributed by atoms with van der Waals surface area (Å²) in [6.45, 7) is 2.00. The summed E-state index contributed by atoms with van der Waals surface area (Å²) >= 11 is 3.31. The maximum absolute atomic E-state index is 14.0. The molecule has 0 aliphatic rings. The maximum atomic E-state index is 14.0. The molecule has 0 aliphatic carbocycles. The Bertz CT molecular complexity index is 592. The first kappa shape index (κ1) is 14.9. The van der Waals surface area contributed by atoms with Gasteiger partial charge in [0.1, 0.15) is 5.75 Å². The summed E-state index contributed by atoms with van der Waals surface area (Å²) in [6.07, 6.45) is 4.59. The molecule has 0 saturated heterocycles. The molecule has 20 heavy (non-hydrogen) atoms. The van der Waals surface area contributed by atoms with Crippen molar-refractivity contribution in [1.29, 1.82) is 0 Å². The number of pyridine rings is 1. The van der Waals surface area contributed by atoms with E-state index < -0.39 is 5.82 Å². The molecule has 2 N–H and O–H groups in total. The van der Waals surface area contributed by atoms with Crippen LogP contribution in [0.5, 0.6) is 11.5 Å². The molecule has 0 bridgehead atoms. The first-order valence-electron chi connectivity index (χ1n) is 6.41. The number of benzene rings is 1. The Morgan fingerprint density at radius 2 is 2.20 bits per heavy atom. The van der Waals surface area contributed by atoms with E-state index in [1.165, 1.54) is 6.07 Å². The van der Waals surface area contributed by atoms with Crippen LogP contribution >= 0.6 is 15.9 Å². The molecule has 106 valence electrons. The van der Waals surface area contributed by atoms with Crippen LogP contribution in [0, 0.1) is 5.82 Å². The number of halogens is 2. The van der Waals surface area contributed by atoms with Crippen LogP contribution < -0.4 is 10.5 Å². The Hall–Kier alpha value is -1.46. The van der Waals surface area contributed by atoms with Gasteiger partial charge in [-0.2, -0.15) is 0 Å². The Morgan fingerprint density at radius 3 is 2.90 bits per heavy atom. The van der Waals surface area contributed by atoms with Crippen molar-refractivity contribution in [3.05, 3.63) is 52.5 Å². The SMILES string of the molecule is CCC(N)Cc1cccc(F)c1Oc1cncc(Br)c1. The van der Waals surface area contributed by atoms with Gasteiger partial charge in [0.05, 0.1) is 6.20 Å². The zero-order valence-corrected chi connectivity index (χ0v) is 12.7. The minimum Gasteiger partial charge on any atom is -0.452 e. The standard InChI is InChI=1S/C15H16BrFN2O/c1-2-12(18)6-10-4-3-5-14(17)15(10)20-13-7-11(16)8-19-9-13/h3-5,7-9,12H,2,6,18H2,1H3. The predicted octanol–water partition coefficient (Wildman–Crippen LogP) is 4.06. The summed E-state index contributed by atoms with van der Waals surface area (Å²) in [4.78, 5) is 4.00. The number of nitrogens with zero attached hydrogens (tertiary/aromatic N) is 1. The molecule has 0 aliphatic heterocycles. The van der Waals surface area contributed by atoms with E-state index in [1.807, 2.05) is 13.0 Å². The van der Waals surface area contributed by atoms with E-state index in [9.17, 15) is 4.39 Å². The lowest BCUT2D eigenvalue weighted by Crippen LogP contribution is -2.21. The van der Waals surface area contributed by atoms with Gasteiger partial charge in [-0.25, -0.2) is 4.39 Å². The van der Waals surface area contributed by atoms with E-state index in [0.29, 0.717) is 12.2 Å². The second-order valence-corrected chi connectivity index (χ2v) is 5.46. The minimum absolute atomic E-state index is 0.0141. The van der Waals surface area contributed by atoms with Gasteiger partial charge in [0.2, 0.25) is 0 Å². The quantitative estimate of drug-likeness (QED) is 0.894. The van der Waals surface area contributed by atoms with Crippen LogP contribution in [0.15, 0.2) is 41.1 Å². The third-order valence-electron chi connectivity index (χ3n) is 2.95. The van der Waals surface area contributed by atoms with Gasteiger partial charge in [-0.3, -0.25) is 4.98 Å². The van der Waals surface area contributed by atoms with Crippen LogP contribution in [0.3, 0.4) is 0 Å². The molecule has 1 heterocycles. The van der Waals surface area contributed by atoms with Crippen LogP contribution in [0.4, 0.5) is 4.39 Å². The first-order valence-corrected chi connectivity index (χ1v) is 7.20. The molecule has 0 amide bonds. The number of aromatic nitrogens is 1. The van der Waals surface area contributed by atoms with Crippen molar-refractivity contribution in [3.63, 3.8) is 0 Å². The first-order chi connectivity index (χ1) is 9.60. The molecular formula is C15H16BrFN2O. The number of hydrogen-bond donors (Lipinski definition) is 1. The Morgan fingerprint density at radius 1 is 1.40 bits per heavy atom. The van der Waals surface area contributed by atoms with E-state index in [0.717, 1.165) is 16.5 Å². The molecule has 5 heteroatoms. The van der Waals surface area contributed by atoms with Gasteiger partial charge in [0.25, 0.3) is 0 Å². The van der Waals surface area contributed by atoms with Gasteiger partial charge < -0.3 is 10.5 Å². The molecular weight excluding hydrogens is 323 g/mol. The van der Waals surface area contributed by atoms with Gasteiger partial charge in [-0.05, 0) is 46.5 Å². The molecule has 0 radical (unpaired) electrons. The number of hydrogen-bond acceptors (Lipinski definition) is 3. The highest BCUT2D eigenvalue weighted by Gasteiger charge is 2.13. The molecule has 2 rings (SSSR count). The van der Waals surface area contributed by atoms with Crippen LogP contribution in [-0.2, 0) is 6.42 Å². The highest BCUT2D eigenvalue weighted by molar-refractivity contribution is 9.10. The molecule has 0 saturated carbocycles. The Balaban J connectivity index is 2.30. The lowest BCUT2D eigenvalue weighted by Gasteiger charge is -2.14. The second kappa shape index (κ2) is 6.81. The van der Waals surface area contributed by atoms with Crippen LogP contribution in [0.1, 0.15) is 18.9 Å². The summed E-state index contributed by atoms with van der Waals surface area (Å²) in [5.74, 6) is 0.304. The molecule has 1 aromatic heterocycles. The lowest BCUT2D eigenvalue weighted by molar-refractivity contribution is 0.431. The number of para-hydroxylation sites is 1. The fourth-order valence-electron chi connectivity index (χ4n) is 1.82. The molecule has 3 nitrogen and oxygen atoms in total. The second-order valence-electron chi connectivity index (χ2n) is 4.54. The normalized spacial score (nSPS) is 12.2. The van der Waals surface area contributed by atoms with Crippen molar-refractivity contribution in [2.75, 3.05) is 0 Å². The maximum Gasteiger partial charge on any atom is 0.166 e. The van der Waals surface area contributed by atoms with Crippen LogP contribution in [0.2, 0.25) is 0 Å². The Kier molecular flexibility index (Phi) is 5.09. The van der Waals surface area contributed by atoms with Gasteiger partial charge >= 0.3 is 0 Å². The van der Waals surface area contributed by atoms with E-state index in [1.54, 1.807) is 24.5 Å². The van der Waals surface area contributed by atoms with Crippen molar-refractivity contribution in [2.24, 2.45) is 5.73 Å². The minimum atomic E-state index is -0.397. The van der Waals surface area contributed by atoms with Gasteiger partial charge in [-0.1, -0.05) is 19.1 Å². The summed E-state index contributed by atoms with van der Waals surface area (Å²) in [7, 11) is 0. The number of nitrogens with two attached hydrogens (primary N) is 1. The van der Waals surface area contributed by atoms with Crippen molar-refractivity contribution in [3.8, 4) is 11.5 Å². The summed E-state index contributed by atoms with van der Waals surface area (Å²) in [6, 6.07) is 6.60. The molecule has 1 unspecified atom stereocenters. The van der Waals surface area contributed by atoms with Crippen molar-refractivity contribution in [2.45, 2.75) is 25.8 Å². The molecule has 1 aromatic carbocycles. The zero-order valence-electron chi connectivity index (χ0n) is 11.1. The van der Waals surface area contributed by atoms with Crippen molar-refractivity contribution < 1.29 is 9.13 Å². The molecule has 1 atom stereocenters. The van der Waals surface area contributed by atoms with Crippen LogP contribution in [-0.4, -0.2) is 11.0 Å². The van der Waals surface area contributed by atoms with Crippen LogP contribution in [0.25, 0.3) is 0 Å². The number of rotatable bonds is 5. The van der Waals surface area contributed by atoms with Gasteiger partial charge in [0.15, 0.2) is 11.6 Å². The molecule has 0 fully saturated rings. The summed E-state index contributed by atoms with van der Waals surface area (Å²) in [5, 5.41) is 0. The summed E-state index contributed by atoms with van der Waals surface area (Å²) in [5.41, 5.74) is 6.71. The highest BCUT2D eigenvalue weighted by atomic mass is 79.9. The number of ether oxygens (including phenoxy) is 1. The third kappa shape index (κ3) is 3.77. The molecule has 2 aromatic rings. The van der Waals surface area contributed by atoms with Gasteiger partial charge in [0, 0.05) is 16.7 Å². The fourth-order valence-corrected chi connectivity index (χ4v) is 2.17. The monoisotopic (exact) mass is 338 g/mol.